The zero-order valence-corrected chi connectivity index (χ0v) is 16.7. The lowest BCUT2D eigenvalue weighted by Crippen LogP contribution is -2.50. The number of nitrogens with zero attached hydrogens (tertiary/aromatic N) is 2. The molecule has 3 aliphatic rings. The zero-order chi connectivity index (χ0) is 19.2. The molecule has 4 rings (SSSR count). The number of rotatable bonds is 1. The topological polar surface area (TPSA) is 49.9 Å². The minimum absolute atomic E-state index is 0.0656. The van der Waals surface area contributed by atoms with Gasteiger partial charge >= 0.3 is 6.09 Å². The molecule has 1 spiro atoms. The molecule has 0 N–H and O–H groups in total. The van der Waals surface area contributed by atoms with E-state index in [-0.39, 0.29) is 17.4 Å². The Labute approximate surface area is 161 Å². The number of carbonyl (C=O) groups is 2. The molecule has 27 heavy (non-hydrogen) atoms. The third-order valence-corrected chi connectivity index (χ3v) is 6.33. The molecule has 0 atom stereocenters. The summed E-state index contributed by atoms with van der Waals surface area (Å²) in [5.74, 6) is 0.597. The molecular formula is C22H30N2O3. The van der Waals surface area contributed by atoms with Crippen LogP contribution in [0.4, 0.5) is 10.5 Å². The van der Waals surface area contributed by atoms with Crippen molar-refractivity contribution in [1.82, 2.24) is 4.90 Å². The maximum atomic E-state index is 12.8. The van der Waals surface area contributed by atoms with E-state index >= 15 is 0 Å². The van der Waals surface area contributed by atoms with Gasteiger partial charge in [0.05, 0.1) is 5.69 Å². The van der Waals surface area contributed by atoms with Gasteiger partial charge in [-0.1, -0.05) is 24.6 Å². The number of carbonyl (C=O) groups excluding carboxylic acids is 2. The highest BCUT2D eigenvalue weighted by atomic mass is 16.6. The summed E-state index contributed by atoms with van der Waals surface area (Å²) in [6.07, 6.45) is 4.82. The molecular weight excluding hydrogens is 340 g/mol. The average Bonchev–Trinajstić information content (AvgIpc) is 2.88. The first-order valence-electron chi connectivity index (χ1n) is 10.2. The zero-order valence-electron chi connectivity index (χ0n) is 16.7. The van der Waals surface area contributed by atoms with Crippen LogP contribution in [0, 0.1) is 5.92 Å². The van der Waals surface area contributed by atoms with Crippen molar-refractivity contribution in [2.45, 2.75) is 63.9 Å². The van der Waals surface area contributed by atoms with Crippen LogP contribution in [0.25, 0.3) is 0 Å². The van der Waals surface area contributed by atoms with Crippen LogP contribution in [0.15, 0.2) is 24.3 Å². The molecule has 2 fully saturated rings. The molecule has 1 aromatic carbocycles. The van der Waals surface area contributed by atoms with Crippen LogP contribution in [0.3, 0.4) is 0 Å². The first-order valence-corrected chi connectivity index (χ1v) is 10.2. The van der Waals surface area contributed by atoms with Gasteiger partial charge in [0.15, 0.2) is 0 Å². The second-order valence-electron chi connectivity index (χ2n) is 9.32. The van der Waals surface area contributed by atoms with Gasteiger partial charge in [-0.25, -0.2) is 4.79 Å². The Morgan fingerprint density at radius 2 is 1.78 bits per heavy atom. The quantitative estimate of drug-likeness (QED) is 0.748. The van der Waals surface area contributed by atoms with Crippen molar-refractivity contribution < 1.29 is 14.3 Å². The van der Waals surface area contributed by atoms with Crippen LogP contribution >= 0.6 is 0 Å². The van der Waals surface area contributed by atoms with E-state index in [4.69, 9.17) is 4.74 Å². The summed E-state index contributed by atoms with van der Waals surface area (Å²) in [6, 6.07) is 8.18. The lowest BCUT2D eigenvalue weighted by Gasteiger charge is -2.42. The van der Waals surface area contributed by atoms with Crippen LogP contribution in [0.2, 0.25) is 0 Å². The Morgan fingerprint density at radius 1 is 1.11 bits per heavy atom. The molecule has 1 saturated heterocycles. The fourth-order valence-corrected chi connectivity index (χ4v) is 4.61. The molecule has 1 aromatic rings. The smallest absolute Gasteiger partial charge is 0.414 e. The highest BCUT2D eigenvalue weighted by molar-refractivity contribution is 5.91. The normalized spacial score (nSPS) is 21.7. The van der Waals surface area contributed by atoms with Gasteiger partial charge in [0.1, 0.15) is 5.60 Å². The predicted molar refractivity (Wildman–Crippen MR) is 105 cm³/mol. The fourth-order valence-electron chi connectivity index (χ4n) is 4.61. The van der Waals surface area contributed by atoms with Crippen molar-refractivity contribution in [2.24, 2.45) is 5.92 Å². The molecule has 0 radical (unpaired) electrons. The number of hydrogen-bond donors (Lipinski definition) is 0. The fraction of sp³-hybridized carbons (Fsp3) is 0.636. The van der Waals surface area contributed by atoms with E-state index < -0.39 is 5.60 Å². The van der Waals surface area contributed by atoms with Gasteiger partial charge in [-0.05, 0) is 58.1 Å². The lowest BCUT2D eigenvalue weighted by atomic mass is 9.73. The molecule has 1 saturated carbocycles. The van der Waals surface area contributed by atoms with Crippen molar-refractivity contribution >= 4 is 17.7 Å². The second kappa shape index (κ2) is 6.54. The van der Waals surface area contributed by atoms with Crippen LogP contribution in [0.5, 0.6) is 0 Å². The van der Waals surface area contributed by atoms with E-state index in [1.54, 1.807) is 4.90 Å². The summed E-state index contributed by atoms with van der Waals surface area (Å²) in [5, 5.41) is 0. The van der Waals surface area contributed by atoms with E-state index in [1.807, 2.05) is 43.9 Å². The summed E-state index contributed by atoms with van der Waals surface area (Å²) in [6.45, 7) is 7.90. The Balaban J connectivity index is 1.52. The molecule has 146 valence electrons. The number of likely N-dealkylation sites (tertiary alicyclic amines) is 1. The maximum Gasteiger partial charge on any atom is 0.414 e. The van der Waals surface area contributed by atoms with Crippen LogP contribution in [0.1, 0.15) is 58.4 Å². The Kier molecular flexibility index (Phi) is 4.44. The van der Waals surface area contributed by atoms with Gasteiger partial charge in [-0.3, -0.25) is 9.69 Å². The highest BCUT2D eigenvalue weighted by Crippen LogP contribution is 2.47. The molecule has 1 aliphatic carbocycles. The predicted octanol–water partition coefficient (Wildman–Crippen LogP) is 4.10. The van der Waals surface area contributed by atoms with Gasteiger partial charge in [-0.15, -0.1) is 0 Å². The number of benzene rings is 1. The van der Waals surface area contributed by atoms with Crippen molar-refractivity contribution in [3.05, 3.63) is 29.8 Å². The number of fused-ring (bicyclic) bond motifs is 2. The summed E-state index contributed by atoms with van der Waals surface area (Å²) in [5.41, 5.74) is 1.61. The van der Waals surface area contributed by atoms with Crippen molar-refractivity contribution in [2.75, 3.05) is 24.5 Å². The number of piperidine rings is 1. The largest absolute Gasteiger partial charge is 0.443 e. The van der Waals surface area contributed by atoms with E-state index in [2.05, 4.69) is 6.07 Å². The molecule has 0 unspecified atom stereocenters. The van der Waals surface area contributed by atoms with Crippen molar-refractivity contribution in [3.8, 4) is 0 Å². The lowest BCUT2D eigenvalue weighted by molar-refractivity contribution is -0.139. The molecule has 5 heteroatoms. The van der Waals surface area contributed by atoms with Crippen LogP contribution in [-0.4, -0.2) is 42.1 Å². The first-order chi connectivity index (χ1) is 12.8. The molecule has 0 aromatic heterocycles. The van der Waals surface area contributed by atoms with Gasteiger partial charge < -0.3 is 9.64 Å². The van der Waals surface area contributed by atoms with Gasteiger partial charge in [0, 0.05) is 31.0 Å². The van der Waals surface area contributed by atoms with Crippen molar-refractivity contribution in [3.63, 3.8) is 0 Å². The van der Waals surface area contributed by atoms with E-state index in [0.29, 0.717) is 12.5 Å². The summed E-state index contributed by atoms with van der Waals surface area (Å²) >= 11 is 0. The molecule has 2 aliphatic heterocycles. The standard InChI is InChI=1S/C22H30N2O3/c1-21(2,3)27-20(26)24-15-22(17-9-4-5-10-18(17)24)11-13-23(14-12-22)19(25)16-7-6-8-16/h4-5,9-10,16H,6-8,11-15H2,1-3H3. The average molecular weight is 370 g/mol. The molecule has 0 bridgehead atoms. The monoisotopic (exact) mass is 370 g/mol. The van der Waals surface area contributed by atoms with Crippen LogP contribution in [-0.2, 0) is 14.9 Å². The molecule has 2 amide bonds. The molecule has 5 nitrogen and oxygen atoms in total. The number of hydrogen-bond acceptors (Lipinski definition) is 3. The Bertz CT molecular complexity index is 740. The Morgan fingerprint density at radius 3 is 2.37 bits per heavy atom. The third-order valence-electron chi connectivity index (χ3n) is 6.33. The minimum Gasteiger partial charge on any atom is -0.443 e. The SMILES string of the molecule is CC(C)(C)OC(=O)N1CC2(CCN(C(=O)C3CCC3)CC2)c2ccccc21. The van der Waals surface area contributed by atoms with Gasteiger partial charge in [0.25, 0.3) is 0 Å². The van der Waals surface area contributed by atoms with Crippen LogP contribution < -0.4 is 4.90 Å². The van der Waals surface area contributed by atoms with Gasteiger partial charge in [0.2, 0.25) is 5.91 Å². The summed E-state index contributed by atoms with van der Waals surface area (Å²) < 4.78 is 5.65. The number of ether oxygens (including phenoxy) is 1. The minimum atomic E-state index is -0.514. The number of amides is 2. The van der Waals surface area contributed by atoms with E-state index in [0.717, 1.165) is 44.5 Å². The number of para-hydroxylation sites is 1. The summed E-state index contributed by atoms with van der Waals surface area (Å²) in [7, 11) is 0. The first kappa shape index (κ1) is 18.3. The third kappa shape index (κ3) is 3.32. The van der Waals surface area contributed by atoms with E-state index in [1.165, 1.54) is 12.0 Å². The maximum absolute atomic E-state index is 12.8. The second-order valence-corrected chi connectivity index (χ2v) is 9.32. The summed E-state index contributed by atoms with van der Waals surface area (Å²) in [4.78, 5) is 29.2. The molecule has 2 heterocycles. The van der Waals surface area contributed by atoms with Gasteiger partial charge in [-0.2, -0.15) is 0 Å². The van der Waals surface area contributed by atoms with E-state index in [9.17, 15) is 9.59 Å². The highest BCUT2D eigenvalue weighted by Gasteiger charge is 2.48. The Hall–Kier alpha value is -2.04. The number of anilines is 1. The van der Waals surface area contributed by atoms with Crippen molar-refractivity contribution in [1.29, 1.82) is 0 Å².